The van der Waals surface area contributed by atoms with Gasteiger partial charge in [0.05, 0.1) is 5.69 Å². The topological polar surface area (TPSA) is 34.1 Å². The molecule has 0 aliphatic heterocycles. The van der Waals surface area contributed by atoms with Gasteiger partial charge < -0.3 is 10.1 Å². The summed E-state index contributed by atoms with van der Waals surface area (Å²) >= 11 is 0. The summed E-state index contributed by atoms with van der Waals surface area (Å²) in [6, 6.07) is 12.8. The number of hydrogen-bond acceptors (Lipinski definition) is 3. The number of benzene rings is 1. The van der Waals surface area contributed by atoms with Crippen molar-refractivity contribution in [2.24, 2.45) is 0 Å². The second kappa shape index (κ2) is 5.41. The summed E-state index contributed by atoms with van der Waals surface area (Å²) in [6.07, 6.45) is 4.09. The Balaban J connectivity index is 1.70. The van der Waals surface area contributed by atoms with Crippen molar-refractivity contribution in [3.8, 4) is 5.75 Å². The zero-order valence-corrected chi connectivity index (χ0v) is 11.1. The van der Waals surface area contributed by atoms with Gasteiger partial charge in [-0.15, -0.1) is 0 Å². The summed E-state index contributed by atoms with van der Waals surface area (Å²) in [4.78, 5) is 4.26. The Morgan fingerprint density at radius 2 is 2.26 bits per heavy atom. The number of pyridine rings is 1. The van der Waals surface area contributed by atoms with E-state index in [2.05, 4.69) is 28.5 Å². The summed E-state index contributed by atoms with van der Waals surface area (Å²) in [6.45, 7) is 0.523. The Bertz CT molecular complexity index is 554. The van der Waals surface area contributed by atoms with Crippen LogP contribution in [0.5, 0.6) is 5.75 Å². The number of fused-ring (bicyclic) bond motifs is 1. The van der Waals surface area contributed by atoms with Crippen molar-refractivity contribution < 1.29 is 4.74 Å². The first-order chi connectivity index (χ1) is 9.36. The molecule has 0 amide bonds. The van der Waals surface area contributed by atoms with E-state index in [0.29, 0.717) is 12.6 Å². The lowest BCUT2D eigenvalue weighted by molar-refractivity contribution is 0.301. The predicted molar refractivity (Wildman–Crippen MR) is 75.1 cm³/mol. The Morgan fingerprint density at radius 1 is 1.32 bits per heavy atom. The Morgan fingerprint density at radius 3 is 3.05 bits per heavy atom. The summed E-state index contributed by atoms with van der Waals surface area (Å²) in [5, 5.41) is 3.35. The van der Waals surface area contributed by atoms with Gasteiger partial charge in [0.1, 0.15) is 12.4 Å². The van der Waals surface area contributed by atoms with Crippen molar-refractivity contribution in [2.45, 2.75) is 25.5 Å². The Labute approximate surface area is 113 Å². The minimum Gasteiger partial charge on any atom is -0.487 e. The van der Waals surface area contributed by atoms with Crippen LogP contribution in [0.15, 0.2) is 42.6 Å². The molecule has 1 N–H and O–H groups in total. The molecule has 0 bridgehead atoms. The molecule has 1 heterocycles. The molecule has 0 spiro atoms. The fourth-order valence-corrected chi connectivity index (χ4v) is 2.62. The van der Waals surface area contributed by atoms with E-state index in [1.165, 1.54) is 17.5 Å². The molecule has 2 aromatic rings. The van der Waals surface area contributed by atoms with Crippen LogP contribution >= 0.6 is 0 Å². The van der Waals surface area contributed by atoms with Crippen LogP contribution in [0.2, 0.25) is 0 Å². The van der Waals surface area contributed by atoms with Crippen LogP contribution in [0.25, 0.3) is 0 Å². The molecular formula is C16H18N2O. The molecule has 0 saturated carbocycles. The standard InChI is InChI=1S/C16H18N2O/c1-17-16-8-5-12-10-14(6-7-15(12)16)19-11-13-4-2-3-9-18-13/h2-4,6-7,9-10,16-17H,5,8,11H2,1H3. The van der Waals surface area contributed by atoms with E-state index in [9.17, 15) is 0 Å². The summed E-state index contributed by atoms with van der Waals surface area (Å²) in [5.74, 6) is 0.932. The fourth-order valence-electron chi connectivity index (χ4n) is 2.62. The van der Waals surface area contributed by atoms with Gasteiger partial charge in [0.25, 0.3) is 0 Å². The first-order valence-corrected chi connectivity index (χ1v) is 6.69. The Kier molecular flexibility index (Phi) is 3.47. The number of ether oxygens (including phenoxy) is 1. The third kappa shape index (κ3) is 2.61. The van der Waals surface area contributed by atoms with Crippen LogP contribution in [-0.4, -0.2) is 12.0 Å². The quantitative estimate of drug-likeness (QED) is 0.911. The van der Waals surface area contributed by atoms with Crippen LogP contribution < -0.4 is 10.1 Å². The molecule has 1 aromatic carbocycles. The average Bonchev–Trinajstić information content (AvgIpc) is 2.88. The highest BCUT2D eigenvalue weighted by Crippen LogP contribution is 2.33. The number of nitrogens with one attached hydrogen (secondary N) is 1. The van der Waals surface area contributed by atoms with Gasteiger partial charge in [0.2, 0.25) is 0 Å². The first-order valence-electron chi connectivity index (χ1n) is 6.69. The highest BCUT2D eigenvalue weighted by Gasteiger charge is 2.20. The number of nitrogens with zero attached hydrogens (tertiary/aromatic N) is 1. The van der Waals surface area contributed by atoms with Gasteiger partial charge in [-0.05, 0) is 55.3 Å². The van der Waals surface area contributed by atoms with Crippen molar-refractivity contribution in [2.75, 3.05) is 7.05 Å². The second-order valence-electron chi connectivity index (χ2n) is 4.85. The molecule has 1 aliphatic carbocycles. The van der Waals surface area contributed by atoms with E-state index in [4.69, 9.17) is 4.74 Å². The fraction of sp³-hybridized carbons (Fsp3) is 0.312. The molecule has 1 aliphatic rings. The maximum Gasteiger partial charge on any atom is 0.130 e. The highest BCUT2D eigenvalue weighted by atomic mass is 16.5. The van der Waals surface area contributed by atoms with Crippen molar-refractivity contribution in [3.05, 3.63) is 59.4 Å². The third-order valence-corrected chi connectivity index (χ3v) is 3.65. The van der Waals surface area contributed by atoms with Crippen molar-refractivity contribution in [3.63, 3.8) is 0 Å². The molecule has 1 unspecified atom stereocenters. The molecule has 0 fully saturated rings. The minimum atomic E-state index is 0.500. The molecule has 98 valence electrons. The molecular weight excluding hydrogens is 236 g/mol. The van der Waals surface area contributed by atoms with Gasteiger partial charge in [-0.2, -0.15) is 0 Å². The maximum atomic E-state index is 5.80. The van der Waals surface area contributed by atoms with Gasteiger partial charge in [-0.1, -0.05) is 12.1 Å². The molecule has 1 aromatic heterocycles. The third-order valence-electron chi connectivity index (χ3n) is 3.65. The largest absolute Gasteiger partial charge is 0.487 e. The van der Waals surface area contributed by atoms with Crippen LogP contribution in [0, 0.1) is 0 Å². The van der Waals surface area contributed by atoms with E-state index >= 15 is 0 Å². The average molecular weight is 254 g/mol. The zero-order chi connectivity index (χ0) is 13.1. The number of aryl methyl sites for hydroxylation is 1. The van der Waals surface area contributed by atoms with E-state index in [1.54, 1.807) is 6.20 Å². The first kappa shape index (κ1) is 12.2. The van der Waals surface area contributed by atoms with Gasteiger partial charge in [-0.3, -0.25) is 4.98 Å². The van der Waals surface area contributed by atoms with Gasteiger partial charge in [-0.25, -0.2) is 0 Å². The zero-order valence-electron chi connectivity index (χ0n) is 11.1. The van der Waals surface area contributed by atoms with Crippen LogP contribution in [-0.2, 0) is 13.0 Å². The molecule has 3 rings (SSSR count). The normalized spacial score (nSPS) is 17.2. The van der Waals surface area contributed by atoms with Crippen molar-refractivity contribution >= 4 is 0 Å². The lowest BCUT2D eigenvalue weighted by Gasteiger charge is -2.11. The van der Waals surface area contributed by atoms with E-state index in [0.717, 1.165) is 17.9 Å². The monoisotopic (exact) mass is 254 g/mol. The van der Waals surface area contributed by atoms with Crippen LogP contribution in [0.4, 0.5) is 0 Å². The van der Waals surface area contributed by atoms with Crippen molar-refractivity contribution in [1.82, 2.24) is 10.3 Å². The summed E-state index contributed by atoms with van der Waals surface area (Å²) < 4.78 is 5.80. The summed E-state index contributed by atoms with van der Waals surface area (Å²) in [5.41, 5.74) is 3.77. The van der Waals surface area contributed by atoms with E-state index < -0.39 is 0 Å². The van der Waals surface area contributed by atoms with Crippen molar-refractivity contribution in [1.29, 1.82) is 0 Å². The number of rotatable bonds is 4. The number of aromatic nitrogens is 1. The van der Waals surface area contributed by atoms with Crippen LogP contribution in [0.1, 0.15) is 29.3 Å². The van der Waals surface area contributed by atoms with Gasteiger partial charge >= 0.3 is 0 Å². The van der Waals surface area contributed by atoms with Crippen LogP contribution in [0.3, 0.4) is 0 Å². The molecule has 19 heavy (non-hydrogen) atoms. The van der Waals surface area contributed by atoms with E-state index in [1.807, 2.05) is 25.2 Å². The molecule has 0 radical (unpaired) electrons. The minimum absolute atomic E-state index is 0.500. The smallest absolute Gasteiger partial charge is 0.130 e. The Hall–Kier alpha value is -1.87. The lowest BCUT2D eigenvalue weighted by atomic mass is 10.1. The second-order valence-corrected chi connectivity index (χ2v) is 4.85. The molecule has 3 nitrogen and oxygen atoms in total. The highest BCUT2D eigenvalue weighted by molar-refractivity contribution is 5.40. The molecule has 1 atom stereocenters. The maximum absolute atomic E-state index is 5.80. The SMILES string of the molecule is CNC1CCc2cc(OCc3ccccn3)ccc21. The molecule has 0 saturated heterocycles. The van der Waals surface area contributed by atoms with Gasteiger partial charge in [0, 0.05) is 12.2 Å². The molecule has 3 heteroatoms. The lowest BCUT2D eigenvalue weighted by Crippen LogP contribution is -2.12. The summed E-state index contributed by atoms with van der Waals surface area (Å²) in [7, 11) is 2.02. The number of hydrogen-bond donors (Lipinski definition) is 1. The van der Waals surface area contributed by atoms with E-state index in [-0.39, 0.29) is 0 Å². The predicted octanol–water partition coefficient (Wildman–Crippen LogP) is 2.87. The van der Waals surface area contributed by atoms with Gasteiger partial charge in [0.15, 0.2) is 0 Å².